The van der Waals surface area contributed by atoms with Crippen molar-refractivity contribution in [2.45, 2.75) is 44.9 Å². The van der Waals surface area contributed by atoms with Gasteiger partial charge in [-0.2, -0.15) is 5.26 Å². The fourth-order valence-corrected chi connectivity index (χ4v) is 2.30. The van der Waals surface area contributed by atoms with E-state index in [0.717, 1.165) is 25.7 Å². The van der Waals surface area contributed by atoms with Crippen molar-refractivity contribution in [3.63, 3.8) is 0 Å². The number of benzene rings is 1. The first-order chi connectivity index (χ1) is 9.76. The average Bonchev–Trinajstić information content (AvgIpc) is 2.92. The molecule has 1 aromatic rings. The number of unbranched alkanes of at least 4 members (excludes halogenated alkanes) is 3. The molecule has 0 saturated heterocycles. The number of nitriles is 1. The molecule has 0 N–H and O–H groups in total. The lowest BCUT2D eigenvalue weighted by Gasteiger charge is -2.09. The molecule has 1 aromatic carbocycles. The summed E-state index contributed by atoms with van der Waals surface area (Å²) in [6.45, 7) is 2.33. The third-order valence-electron chi connectivity index (χ3n) is 3.46. The lowest BCUT2D eigenvalue weighted by molar-refractivity contribution is -0.119. The molecule has 1 atom stereocenters. The number of rotatable bonds is 7. The summed E-state index contributed by atoms with van der Waals surface area (Å²) < 4.78 is 10.5. The van der Waals surface area contributed by atoms with E-state index in [-0.39, 0.29) is 12.6 Å². The minimum atomic E-state index is -0.703. The molecular formula is C16H19NO3. The van der Waals surface area contributed by atoms with Crippen LogP contribution in [0.4, 0.5) is 0 Å². The molecule has 1 unspecified atom stereocenters. The van der Waals surface area contributed by atoms with E-state index in [1.54, 1.807) is 18.2 Å². The van der Waals surface area contributed by atoms with Crippen LogP contribution in [0.2, 0.25) is 0 Å². The van der Waals surface area contributed by atoms with Crippen LogP contribution in [0.3, 0.4) is 0 Å². The minimum Gasteiger partial charge on any atom is -0.454 e. The topological polar surface area (TPSA) is 59.3 Å². The molecule has 0 radical (unpaired) electrons. The summed E-state index contributed by atoms with van der Waals surface area (Å²) in [5.41, 5.74) is 0.692. The summed E-state index contributed by atoms with van der Waals surface area (Å²) in [6, 6.07) is 7.37. The van der Waals surface area contributed by atoms with Crippen LogP contribution in [0.5, 0.6) is 11.5 Å². The van der Waals surface area contributed by atoms with E-state index in [0.29, 0.717) is 23.5 Å². The van der Waals surface area contributed by atoms with Crippen LogP contribution >= 0.6 is 0 Å². The lowest BCUT2D eigenvalue weighted by atomic mass is 9.92. The number of ether oxygens (including phenoxy) is 2. The molecule has 0 amide bonds. The first kappa shape index (κ1) is 14.4. The smallest absolute Gasteiger partial charge is 0.231 e. The van der Waals surface area contributed by atoms with Crippen molar-refractivity contribution in [1.29, 1.82) is 5.26 Å². The molecule has 0 saturated carbocycles. The Morgan fingerprint density at radius 2 is 2.10 bits per heavy atom. The zero-order valence-electron chi connectivity index (χ0n) is 11.7. The Balaban J connectivity index is 2.01. The largest absolute Gasteiger partial charge is 0.454 e. The van der Waals surface area contributed by atoms with Gasteiger partial charge in [-0.15, -0.1) is 0 Å². The third kappa shape index (κ3) is 3.30. The predicted molar refractivity (Wildman–Crippen MR) is 74.7 cm³/mol. The zero-order valence-corrected chi connectivity index (χ0v) is 11.7. The van der Waals surface area contributed by atoms with Gasteiger partial charge in [-0.1, -0.05) is 32.3 Å². The molecule has 4 heteroatoms. The first-order valence-corrected chi connectivity index (χ1v) is 7.08. The monoisotopic (exact) mass is 273 g/mol. The Hall–Kier alpha value is -2.02. The summed E-state index contributed by atoms with van der Waals surface area (Å²) in [4.78, 5) is 12.1. The van der Waals surface area contributed by atoms with Crippen LogP contribution in [0.1, 0.15) is 50.5 Å². The molecule has 0 aromatic heterocycles. The highest BCUT2D eigenvalue weighted by molar-refractivity contribution is 5.88. The number of Topliss-reactive ketones (excluding diaryl/α,β-unsaturated/α-hetero) is 1. The number of carbonyl (C=O) groups is 1. The molecule has 106 valence electrons. The number of hydrogen-bond donors (Lipinski definition) is 0. The quantitative estimate of drug-likeness (QED) is 0.713. The van der Waals surface area contributed by atoms with Gasteiger partial charge in [0.1, 0.15) is 5.92 Å². The fourth-order valence-electron chi connectivity index (χ4n) is 2.30. The van der Waals surface area contributed by atoms with Gasteiger partial charge in [0.05, 0.1) is 6.07 Å². The van der Waals surface area contributed by atoms with E-state index in [1.807, 2.05) is 0 Å². The molecular weight excluding hydrogens is 254 g/mol. The van der Waals surface area contributed by atoms with E-state index in [2.05, 4.69) is 13.0 Å². The second kappa shape index (κ2) is 6.95. The van der Waals surface area contributed by atoms with E-state index >= 15 is 0 Å². The summed E-state index contributed by atoms with van der Waals surface area (Å²) in [5, 5.41) is 9.26. The maximum atomic E-state index is 12.1. The Bertz CT molecular complexity index is 519. The van der Waals surface area contributed by atoms with Gasteiger partial charge in [-0.3, -0.25) is 4.79 Å². The standard InChI is InChI=1S/C16H19NO3/c1-2-3-4-5-6-14(18)13(10-17)12-7-8-15-16(9-12)20-11-19-15/h7-9,13H,2-6,11H2,1H3. The van der Waals surface area contributed by atoms with Crippen LogP contribution in [0, 0.1) is 11.3 Å². The Morgan fingerprint density at radius 3 is 2.85 bits per heavy atom. The number of carbonyl (C=O) groups excluding carboxylic acids is 1. The van der Waals surface area contributed by atoms with Gasteiger partial charge in [0.25, 0.3) is 0 Å². The summed E-state index contributed by atoms with van der Waals surface area (Å²) in [6.07, 6.45) is 4.64. The highest BCUT2D eigenvalue weighted by Gasteiger charge is 2.22. The van der Waals surface area contributed by atoms with Crippen molar-refractivity contribution in [3.05, 3.63) is 23.8 Å². The fraction of sp³-hybridized carbons (Fsp3) is 0.500. The van der Waals surface area contributed by atoms with E-state index in [9.17, 15) is 10.1 Å². The maximum absolute atomic E-state index is 12.1. The summed E-state index contributed by atoms with van der Waals surface area (Å²) in [7, 11) is 0. The Labute approximate surface area is 119 Å². The second-order valence-electron chi connectivity index (χ2n) is 4.95. The SMILES string of the molecule is CCCCCCC(=O)C(C#N)c1ccc2c(c1)OCO2. The molecule has 0 bridgehead atoms. The normalized spacial score (nSPS) is 13.8. The maximum Gasteiger partial charge on any atom is 0.231 e. The molecule has 0 aliphatic carbocycles. The average molecular weight is 273 g/mol. The Kier molecular flexibility index (Phi) is 5.00. The third-order valence-corrected chi connectivity index (χ3v) is 3.46. The first-order valence-electron chi connectivity index (χ1n) is 7.08. The molecule has 4 nitrogen and oxygen atoms in total. The molecule has 1 aliphatic heterocycles. The minimum absolute atomic E-state index is 0.0116. The van der Waals surface area contributed by atoms with Crippen LogP contribution in [-0.4, -0.2) is 12.6 Å². The van der Waals surface area contributed by atoms with Crippen LogP contribution in [-0.2, 0) is 4.79 Å². The van der Waals surface area contributed by atoms with Gasteiger partial charge >= 0.3 is 0 Å². The van der Waals surface area contributed by atoms with Gasteiger partial charge in [0.15, 0.2) is 17.3 Å². The number of fused-ring (bicyclic) bond motifs is 1. The highest BCUT2D eigenvalue weighted by atomic mass is 16.7. The zero-order chi connectivity index (χ0) is 14.4. The Morgan fingerprint density at radius 1 is 1.30 bits per heavy atom. The van der Waals surface area contributed by atoms with E-state index in [1.165, 1.54) is 0 Å². The van der Waals surface area contributed by atoms with Crippen molar-refractivity contribution in [3.8, 4) is 17.6 Å². The van der Waals surface area contributed by atoms with Gasteiger partial charge in [-0.05, 0) is 24.1 Å². The number of hydrogen-bond acceptors (Lipinski definition) is 4. The van der Waals surface area contributed by atoms with Gasteiger partial charge in [-0.25, -0.2) is 0 Å². The molecule has 0 fully saturated rings. The van der Waals surface area contributed by atoms with Crippen molar-refractivity contribution in [2.24, 2.45) is 0 Å². The van der Waals surface area contributed by atoms with Crippen molar-refractivity contribution in [1.82, 2.24) is 0 Å². The summed E-state index contributed by atoms with van der Waals surface area (Å²) >= 11 is 0. The highest BCUT2D eigenvalue weighted by Crippen LogP contribution is 2.35. The van der Waals surface area contributed by atoms with Gasteiger partial charge in [0, 0.05) is 6.42 Å². The van der Waals surface area contributed by atoms with Crippen molar-refractivity contribution < 1.29 is 14.3 Å². The number of nitrogens with zero attached hydrogens (tertiary/aromatic N) is 1. The second-order valence-corrected chi connectivity index (χ2v) is 4.95. The molecule has 2 rings (SSSR count). The van der Waals surface area contributed by atoms with Gasteiger partial charge in [0.2, 0.25) is 6.79 Å². The van der Waals surface area contributed by atoms with Crippen LogP contribution in [0.15, 0.2) is 18.2 Å². The molecule has 20 heavy (non-hydrogen) atoms. The van der Waals surface area contributed by atoms with Gasteiger partial charge < -0.3 is 9.47 Å². The van der Waals surface area contributed by atoms with Crippen LogP contribution in [0.25, 0.3) is 0 Å². The van der Waals surface area contributed by atoms with E-state index in [4.69, 9.17) is 9.47 Å². The molecule has 1 heterocycles. The van der Waals surface area contributed by atoms with Crippen LogP contribution < -0.4 is 9.47 Å². The van der Waals surface area contributed by atoms with Crippen molar-refractivity contribution >= 4 is 5.78 Å². The lowest BCUT2D eigenvalue weighted by Crippen LogP contribution is -2.10. The molecule has 1 aliphatic rings. The van der Waals surface area contributed by atoms with Crippen molar-refractivity contribution in [2.75, 3.05) is 6.79 Å². The molecule has 0 spiro atoms. The van der Waals surface area contributed by atoms with E-state index < -0.39 is 5.92 Å². The summed E-state index contributed by atoms with van der Waals surface area (Å²) in [5.74, 6) is 0.566. The number of ketones is 1. The predicted octanol–water partition coefficient (Wildman–Crippen LogP) is 3.56.